The van der Waals surface area contributed by atoms with Gasteiger partial charge in [-0.3, -0.25) is 9.89 Å². The summed E-state index contributed by atoms with van der Waals surface area (Å²) in [7, 11) is 0. The minimum Gasteiger partial charge on any atom is -0.306 e. The van der Waals surface area contributed by atoms with Gasteiger partial charge >= 0.3 is 0 Å². The SMILES string of the molecule is Cc1cc(Br)cnc1NC(=O)c1cn[nH]c1C. The molecule has 2 rings (SSSR count). The summed E-state index contributed by atoms with van der Waals surface area (Å²) in [5.74, 6) is 0.341. The van der Waals surface area contributed by atoms with Crippen molar-refractivity contribution in [3.63, 3.8) is 0 Å². The Bertz CT molecular complexity index is 564. The molecule has 0 aliphatic rings. The van der Waals surface area contributed by atoms with Gasteiger partial charge in [-0.1, -0.05) is 0 Å². The van der Waals surface area contributed by atoms with Crippen molar-refractivity contribution in [1.29, 1.82) is 0 Å². The highest BCUT2D eigenvalue weighted by Gasteiger charge is 2.12. The molecule has 2 N–H and O–H groups in total. The number of aromatic amines is 1. The summed E-state index contributed by atoms with van der Waals surface area (Å²) in [6, 6.07) is 1.89. The molecule has 6 heteroatoms. The van der Waals surface area contributed by atoms with Gasteiger partial charge in [-0.2, -0.15) is 5.10 Å². The Morgan fingerprint density at radius 2 is 2.18 bits per heavy atom. The van der Waals surface area contributed by atoms with E-state index < -0.39 is 0 Å². The molecule has 0 radical (unpaired) electrons. The van der Waals surface area contributed by atoms with Crippen LogP contribution in [0.15, 0.2) is 22.9 Å². The molecule has 88 valence electrons. The maximum atomic E-state index is 11.9. The molecule has 0 aliphatic carbocycles. The average Bonchev–Trinajstić information content (AvgIpc) is 2.68. The van der Waals surface area contributed by atoms with Gasteiger partial charge in [0.25, 0.3) is 5.91 Å². The quantitative estimate of drug-likeness (QED) is 0.894. The second kappa shape index (κ2) is 4.67. The van der Waals surface area contributed by atoms with Gasteiger partial charge in [0, 0.05) is 16.4 Å². The van der Waals surface area contributed by atoms with E-state index in [2.05, 4.69) is 36.4 Å². The zero-order valence-corrected chi connectivity index (χ0v) is 11.0. The third-order valence-electron chi connectivity index (χ3n) is 2.35. The summed E-state index contributed by atoms with van der Waals surface area (Å²) in [6.45, 7) is 3.68. The molecule has 0 spiro atoms. The molecular formula is C11H11BrN4O. The van der Waals surface area contributed by atoms with Gasteiger partial charge in [-0.05, 0) is 41.4 Å². The Balaban J connectivity index is 2.22. The lowest BCUT2D eigenvalue weighted by atomic mass is 10.2. The number of H-pyrrole nitrogens is 1. The first-order chi connectivity index (χ1) is 8.08. The number of nitrogens with one attached hydrogen (secondary N) is 2. The third-order valence-corrected chi connectivity index (χ3v) is 2.79. The zero-order valence-electron chi connectivity index (χ0n) is 9.41. The smallest absolute Gasteiger partial charge is 0.260 e. The van der Waals surface area contributed by atoms with Crippen LogP contribution in [0, 0.1) is 13.8 Å². The molecule has 0 aromatic carbocycles. The number of rotatable bonds is 2. The normalized spacial score (nSPS) is 10.3. The minimum absolute atomic E-state index is 0.214. The highest BCUT2D eigenvalue weighted by atomic mass is 79.9. The lowest BCUT2D eigenvalue weighted by molar-refractivity contribution is 0.102. The highest BCUT2D eigenvalue weighted by molar-refractivity contribution is 9.10. The van der Waals surface area contributed by atoms with Crippen LogP contribution in [-0.4, -0.2) is 21.1 Å². The Labute approximate surface area is 107 Å². The molecule has 0 atom stereocenters. The molecule has 2 aromatic heterocycles. The molecule has 2 aromatic rings. The number of nitrogens with zero attached hydrogens (tertiary/aromatic N) is 2. The van der Waals surface area contributed by atoms with Crippen LogP contribution in [0.1, 0.15) is 21.6 Å². The summed E-state index contributed by atoms with van der Waals surface area (Å²) in [5.41, 5.74) is 2.15. The number of pyridine rings is 1. The number of carbonyl (C=O) groups is 1. The van der Waals surface area contributed by atoms with E-state index in [-0.39, 0.29) is 5.91 Å². The van der Waals surface area contributed by atoms with Crippen LogP contribution in [0.4, 0.5) is 5.82 Å². The van der Waals surface area contributed by atoms with Crippen molar-refractivity contribution in [3.8, 4) is 0 Å². The Morgan fingerprint density at radius 1 is 1.41 bits per heavy atom. The summed E-state index contributed by atoms with van der Waals surface area (Å²) in [5, 5.41) is 9.28. The van der Waals surface area contributed by atoms with Crippen molar-refractivity contribution in [3.05, 3.63) is 39.8 Å². The van der Waals surface area contributed by atoms with Crippen LogP contribution in [-0.2, 0) is 0 Å². The fourth-order valence-electron chi connectivity index (χ4n) is 1.43. The molecule has 0 saturated carbocycles. The first kappa shape index (κ1) is 11.8. The lowest BCUT2D eigenvalue weighted by Gasteiger charge is -2.06. The van der Waals surface area contributed by atoms with Crippen LogP contribution in [0.3, 0.4) is 0 Å². The molecule has 0 unspecified atom stereocenters. The highest BCUT2D eigenvalue weighted by Crippen LogP contribution is 2.17. The molecule has 17 heavy (non-hydrogen) atoms. The molecule has 1 amide bonds. The number of hydrogen-bond acceptors (Lipinski definition) is 3. The Kier molecular flexibility index (Phi) is 3.23. The first-order valence-electron chi connectivity index (χ1n) is 5.01. The predicted octanol–water partition coefficient (Wildman–Crippen LogP) is 2.44. The van der Waals surface area contributed by atoms with E-state index in [1.165, 1.54) is 6.20 Å². The van der Waals surface area contributed by atoms with E-state index in [0.29, 0.717) is 11.4 Å². The van der Waals surface area contributed by atoms with Crippen molar-refractivity contribution in [2.75, 3.05) is 5.32 Å². The van der Waals surface area contributed by atoms with Crippen LogP contribution < -0.4 is 5.32 Å². The average molecular weight is 295 g/mol. The summed E-state index contributed by atoms with van der Waals surface area (Å²) >= 11 is 3.32. The zero-order chi connectivity index (χ0) is 12.4. The number of hydrogen-bond donors (Lipinski definition) is 2. The number of aryl methyl sites for hydroxylation is 2. The molecule has 0 bridgehead atoms. The van der Waals surface area contributed by atoms with Crippen molar-refractivity contribution < 1.29 is 4.79 Å². The number of carbonyl (C=O) groups excluding carboxylic acids is 1. The van der Waals surface area contributed by atoms with Gasteiger partial charge < -0.3 is 5.32 Å². The van der Waals surface area contributed by atoms with Crippen molar-refractivity contribution in [2.24, 2.45) is 0 Å². The van der Waals surface area contributed by atoms with E-state index in [9.17, 15) is 4.79 Å². The second-order valence-electron chi connectivity index (χ2n) is 3.68. The summed E-state index contributed by atoms with van der Waals surface area (Å²) in [6.07, 6.45) is 3.14. The molecule has 0 saturated heterocycles. The molecular weight excluding hydrogens is 284 g/mol. The van der Waals surface area contributed by atoms with Crippen molar-refractivity contribution in [2.45, 2.75) is 13.8 Å². The standard InChI is InChI=1S/C11H11BrN4O/c1-6-3-8(12)4-13-10(6)15-11(17)9-5-14-16-7(9)2/h3-5H,1-2H3,(H,14,16)(H,13,15,17). The van der Waals surface area contributed by atoms with Crippen LogP contribution in [0.5, 0.6) is 0 Å². The van der Waals surface area contributed by atoms with Crippen LogP contribution in [0.2, 0.25) is 0 Å². The fraction of sp³-hybridized carbons (Fsp3) is 0.182. The minimum atomic E-state index is -0.214. The maximum absolute atomic E-state index is 11.9. The molecule has 0 fully saturated rings. The van der Waals surface area contributed by atoms with Crippen LogP contribution in [0.25, 0.3) is 0 Å². The maximum Gasteiger partial charge on any atom is 0.260 e. The fourth-order valence-corrected chi connectivity index (χ4v) is 1.87. The van der Waals surface area contributed by atoms with E-state index in [1.54, 1.807) is 13.1 Å². The van der Waals surface area contributed by atoms with Gasteiger partial charge in [0.2, 0.25) is 0 Å². The Morgan fingerprint density at radius 3 is 2.76 bits per heavy atom. The van der Waals surface area contributed by atoms with Crippen molar-refractivity contribution in [1.82, 2.24) is 15.2 Å². The summed E-state index contributed by atoms with van der Waals surface area (Å²) in [4.78, 5) is 16.1. The molecule has 0 aliphatic heterocycles. The molecule has 2 heterocycles. The van der Waals surface area contributed by atoms with Gasteiger partial charge in [-0.15, -0.1) is 0 Å². The number of amides is 1. The Hall–Kier alpha value is -1.69. The van der Waals surface area contributed by atoms with E-state index in [1.807, 2.05) is 13.0 Å². The predicted molar refractivity (Wildman–Crippen MR) is 68.0 cm³/mol. The number of aromatic nitrogens is 3. The lowest BCUT2D eigenvalue weighted by Crippen LogP contribution is -2.14. The number of anilines is 1. The third kappa shape index (κ3) is 2.52. The van der Waals surface area contributed by atoms with E-state index >= 15 is 0 Å². The van der Waals surface area contributed by atoms with Gasteiger partial charge in [0.05, 0.1) is 11.8 Å². The van der Waals surface area contributed by atoms with Crippen LogP contribution >= 0.6 is 15.9 Å². The number of halogens is 1. The van der Waals surface area contributed by atoms with Gasteiger partial charge in [-0.25, -0.2) is 4.98 Å². The van der Waals surface area contributed by atoms with Gasteiger partial charge in [0.1, 0.15) is 5.82 Å². The largest absolute Gasteiger partial charge is 0.306 e. The monoisotopic (exact) mass is 294 g/mol. The second-order valence-corrected chi connectivity index (χ2v) is 4.60. The van der Waals surface area contributed by atoms with E-state index in [4.69, 9.17) is 0 Å². The van der Waals surface area contributed by atoms with E-state index in [0.717, 1.165) is 15.7 Å². The van der Waals surface area contributed by atoms with Crippen molar-refractivity contribution >= 4 is 27.7 Å². The topological polar surface area (TPSA) is 70.7 Å². The molecule has 5 nitrogen and oxygen atoms in total. The first-order valence-corrected chi connectivity index (χ1v) is 5.80. The van der Waals surface area contributed by atoms with Gasteiger partial charge in [0.15, 0.2) is 0 Å². The summed E-state index contributed by atoms with van der Waals surface area (Å²) < 4.78 is 0.882.